The molecule has 16 heavy (non-hydrogen) atoms. The fourth-order valence-electron chi connectivity index (χ4n) is 2.15. The SMILES string of the molecule is CCC1C=CCN1Cc1ccc(SC)cc1. The Morgan fingerprint density at radius 1 is 1.31 bits per heavy atom. The van der Waals surface area contributed by atoms with Gasteiger partial charge in [-0.2, -0.15) is 0 Å². The van der Waals surface area contributed by atoms with Crippen LogP contribution in [0.5, 0.6) is 0 Å². The molecule has 0 spiro atoms. The maximum absolute atomic E-state index is 2.52. The van der Waals surface area contributed by atoms with Gasteiger partial charge in [-0.3, -0.25) is 4.90 Å². The molecule has 0 saturated carbocycles. The van der Waals surface area contributed by atoms with E-state index < -0.39 is 0 Å². The van der Waals surface area contributed by atoms with E-state index in [0.29, 0.717) is 6.04 Å². The third-order valence-corrected chi connectivity index (χ3v) is 3.87. The fraction of sp³-hybridized carbons (Fsp3) is 0.429. The predicted octanol–water partition coefficient (Wildman–Crippen LogP) is 3.56. The Hall–Kier alpha value is -0.730. The molecular formula is C14H19NS. The zero-order valence-corrected chi connectivity index (χ0v) is 10.8. The lowest BCUT2D eigenvalue weighted by Crippen LogP contribution is -2.28. The molecular weight excluding hydrogens is 214 g/mol. The summed E-state index contributed by atoms with van der Waals surface area (Å²) in [4.78, 5) is 3.86. The Bertz CT molecular complexity index is 356. The number of rotatable bonds is 4. The average molecular weight is 233 g/mol. The summed E-state index contributed by atoms with van der Waals surface area (Å²) in [5, 5.41) is 0. The number of hydrogen-bond acceptors (Lipinski definition) is 2. The van der Waals surface area contributed by atoms with Crippen molar-refractivity contribution < 1.29 is 0 Å². The highest BCUT2D eigenvalue weighted by molar-refractivity contribution is 7.98. The highest BCUT2D eigenvalue weighted by Crippen LogP contribution is 2.19. The summed E-state index contributed by atoms with van der Waals surface area (Å²) in [5.74, 6) is 0. The molecule has 1 unspecified atom stereocenters. The van der Waals surface area contributed by atoms with Crippen LogP contribution in [0, 0.1) is 0 Å². The number of hydrogen-bond donors (Lipinski definition) is 0. The van der Waals surface area contributed by atoms with Crippen molar-refractivity contribution in [3.8, 4) is 0 Å². The van der Waals surface area contributed by atoms with Gasteiger partial charge in [0.25, 0.3) is 0 Å². The first kappa shape index (κ1) is 11.7. The molecule has 1 aliphatic rings. The molecule has 1 atom stereocenters. The van der Waals surface area contributed by atoms with Gasteiger partial charge in [-0.1, -0.05) is 31.2 Å². The largest absolute Gasteiger partial charge is 0.289 e. The Morgan fingerprint density at radius 3 is 2.69 bits per heavy atom. The van der Waals surface area contributed by atoms with Crippen LogP contribution in [0.25, 0.3) is 0 Å². The van der Waals surface area contributed by atoms with E-state index in [1.54, 1.807) is 11.8 Å². The van der Waals surface area contributed by atoms with E-state index in [9.17, 15) is 0 Å². The Labute approximate surface area is 103 Å². The molecule has 2 rings (SSSR count). The number of nitrogens with zero attached hydrogens (tertiary/aromatic N) is 1. The third kappa shape index (κ3) is 2.69. The Morgan fingerprint density at radius 2 is 2.06 bits per heavy atom. The van der Waals surface area contributed by atoms with Crippen LogP contribution in [-0.4, -0.2) is 23.7 Å². The molecule has 1 aromatic carbocycles. The second-order valence-electron chi connectivity index (χ2n) is 4.18. The average Bonchev–Trinajstić information content (AvgIpc) is 2.77. The second-order valence-corrected chi connectivity index (χ2v) is 5.06. The van der Waals surface area contributed by atoms with E-state index in [-0.39, 0.29) is 0 Å². The van der Waals surface area contributed by atoms with Gasteiger partial charge < -0.3 is 0 Å². The monoisotopic (exact) mass is 233 g/mol. The number of benzene rings is 1. The van der Waals surface area contributed by atoms with Gasteiger partial charge in [-0.15, -0.1) is 11.8 Å². The molecule has 1 nitrogen and oxygen atoms in total. The normalized spacial score (nSPS) is 20.5. The molecule has 1 aromatic rings. The Balaban J connectivity index is 1.98. The molecule has 0 N–H and O–H groups in total. The molecule has 1 aliphatic heterocycles. The molecule has 86 valence electrons. The molecule has 0 saturated heterocycles. The van der Waals surface area contributed by atoms with Gasteiger partial charge in [0, 0.05) is 24.0 Å². The smallest absolute Gasteiger partial charge is 0.0282 e. The van der Waals surface area contributed by atoms with Gasteiger partial charge >= 0.3 is 0 Å². The van der Waals surface area contributed by atoms with Gasteiger partial charge in [0.15, 0.2) is 0 Å². The topological polar surface area (TPSA) is 3.24 Å². The van der Waals surface area contributed by atoms with Gasteiger partial charge in [0.1, 0.15) is 0 Å². The van der Waals surface area contributed by atoms with E-state index in [1.165, 1.54) is 16.9 Å². The van der Waals surface area contributed by atoms with Crippen LogP contribution in [0.3, 0.4) is 0 Å². The van der Waals surface area contributed by atoms with Crippen LogP contribution < -0.4 is 0 Å². The van der Waals surface area contributed by atoms with Crippen molar-refractivity contribution in [3.05, 3.63) is 42.0 Å². The van der Waals surface area contributed by atoms with E-state index in [0.717, 1.165) is 13.1 Å². The van der Waals surface area contributed by atoms with Crippen molar-refractivity contribution in [3.63, 3.8) is 0 Å². The zero-order chi connectivity index (χ0) is 11.4. The van der Waals surface area contributed by atoms with Crippen LogP contribution >= 0.6 is 11.8 Å². The van der Waals surface area contributed by atoms with Gasteiger partial charge in [-0.25, -0.2) is 0 Å². The minimum absolute atomic E-state index is 0.639. The second kappa shape index (κ2) is 5.55. The van der Waals surface area contributed by atoms with Crippen molar-refractivity contribution in [2.45, 2.75) is 30.8 Å². The first-order chi connectivity index (χ1) is 7.83. The molecule has 2 heteroatoms. The highest BCUT2D eigenvalue weighted by atomic mass is 32.2. The maximum atomic E-state index is 2.52. The van der Waals surface area contributed by atoms with Crippen molar-refractivity contribution in [1.82, 2.24) is 4.90 Å². The summed E-state index contributed by atoms with van der Waals surface area (Å²) in [6.45, 7) is 4.42. The van der Waals surface area contributed by atoms with Crippen LogP contribution in [0.2, 0.25) is 0 Å². The molecule has 0 aliphatic carbocycles. The van der Waals surface area contributed by atoms with Crippen LogP contribution in [0.4, 0.5) is 0 Å². The minimum Gasteiger partial charge on any atom is -0.289 e. The lowest BCUT2D eigenvalue weighted by molar-refractivity contribution is 0.258. The van der Waals surface area contributed by atoms with Crippen molar-refractivity contribution in [2.24, 2.45) is 0 Å². The van der Waals surface area contributed by atoms with E-state index >= 15 is 0 Å². The standard InChI is InChI=1S/C14H19NS/c1-3-13-5-4-10-15(13)11-12-6-8-14(16-2)9-7-12/h4-9,13H,3,10-11H2,1-2H3. The van der Waals surface area contributed by atoms with Crippen LogP contribution in [0.1, 0.15) is 18.9 Å². The molecule has 0 aromatic heterocycles. The number of thioether (sulfide) groups is 1. The Kier molecular flexibility index (Phi) is 4.08. The van der Waals surface area contributed by atoms with Crippen molar-refractivity contribution in [1.29, 1.82) is 0 Å². The summed E-state index contributed by atoms with van der Waals surface area (Å²) < 4.78 is 0. The maximum Gasteiger partial charge on any atom is 0.0282 e. The fourth-order valence-corrected chi connectivity index (χ4v) is 2.56. The summed E-state index contributed by atoms with van der Waals surface area (Å²) >= 11 is 1.80. The van der Waals surface area contributed by atoms with Crippen molar-refractivity contribution >= 4 is 11.8 Å². The third-order valence-electron chi connectivity index (χ3n) is 3.13. The lowest BCUT2D eigenvalue weighted by Gasteiger charge is -2.23. The molecule has 0 fully saturated rings. The minimum atomic E-state index is 0.639. The van der Waals surface area contributed by atoms with E-state index in [1.807, 2.05) is 0 Å². The first-order valence-corrected chi connectivity index (χ1v) is 7.09. The van der Waals surface area contributed by atoms with Gasteiger partial charge in [0.2, 0.25) is 0 Å². The van der Waals surface area contributed by atoms with E-state index in [2.05, 4.69) is 54.5 Å². The van der Waals surface area contributed by atoms with Gasteiger partial charge in [-0.05, 0) is 30.4 Å². The highest BCUT2D eigenvalue weighted by Gasteiger charge is 2.17. The lowest BCUT2D eigenvalue weighted by atomic mass is 10.1. The summed E-state index contributed by atoms with van der Waals surface area (Å²) in [5.41, 5.74) is 1.42. The molecule has 0 bridgehead atoms. The quantitative estimate of drug-likeness (QED) is 0.578. The van der Waals surface area contributed by atoms with Gasteiger partial charge in [0.05, 0.1) is 0 Å². The van der Waals surface area contributed by atoms with E-state index in [4.69, 9.17) is 0 Å². The summed E-state index contributed by atoms with van der Waals surface area (Å²) in [6, 6.07) is 9.56. The van der Waals surface area contributed by atoms with Crippen LogP contribution in [0.15, 0.2) is 41.3 Å². The first-order valence-electron chi connectivity index (χ1n) is 5.87. The molecule has 0 radical (unpaired) electrons. The predicted molar refractivity (Wildman–Crippen MR) is 71.9 cm³/mol. The molecule has 1 heterocycles. The zero-order valence-electron chi connectivity index (χ0n) is 10.0. The van der Waals surface area contributed by atoms with Crippen molar-refractivity contribution in [2.75, 3.05) is 12.8 Å². The molecule has 0 amide bonds. The summed E-state index contributed by atoms with van der Waals surface area (Å²) in [7, 11) is 0. The summed E-state index contributed by atoms with van der Waals surface area (Å²) in [6.07, 6.45) is 7.94. The van der Waals surface area contributed by atoms with Crippen LogP contribution in [-0.2, 0) is 6.54 Å².